The van der Waals surface area contributed by atoms with E-state index in [2.05, 4.69) is 37.4 Å². The normalized spacial score (nSPS) is 3.76. The van der Waals surface area contributed by atoms with Gasteiger partial charge in [-0.1, -0.05) is 13.8 Å². The second-order valence-corrected chi connectivity index (χ2v) is 3.25. The molecule has 0 aliphatic rings. The smallest absolute Gasteiger partial charge is 0 e. The maximum absolute atomic E-state index is 3.17. The summed E-state index contributed by atoms with van der Waals surface area (Å²) < 4.78 is 0. The van der Waals surface area contributed by atoms with E-state index in [0.29, 0.717) is 5.92 Å². The van der Waals surface area contributed by atoms with Gasteiger partial charge in [0, 0.05) is 687 Å². The molecule has 0 saturated carbocycles. The van der Waals surface area contributed by atoms with Crippen LogP contribution in [0.4, 0.5) is 5.69 Å². The molecule has 1 aromatic carbocycles. The number of benzene rings is 1. The van der Waals surface area contributed by atoms with Crippen LogP contribution in [0.3, 0.4) is 0 Å². The first kappa shape index (κ1) is 139. The summed E-state index contributed by atoms with van der Waals surface area (Å²) in [6, 6.07) is 11.2. The average molecular weight is 2030 g/mol. The van der Waals surface area contributed by atoms with Crippen LogP contribution in [0.15, 0.2) is 24.3 Å². The minimum Gasteiger partial charge on any atom is -0.545 e. The first-order chi connectivity index (χ1) is 5.70. The summed E-state index contributed by atoms with van der Waals surface area (Å²) in [5.41, 5.74) is 1.12. The molecule has 0 N–H and O–H groups in total. The molecular formula is C11H15NY21-2. The van der Waals surface area contributed by atoms with Crippen LogP contribution in [0.25, 0.3) is 0 Å². The van der Waals surface area contributed by atoms with E-state index < -0.39 is 0 Å². The Morgan fingerprint density at radius 3 is 1.00 bits per heavy atom. The molecule has 0 unspecified atom stereocenters. The van der Waals surface area contributed by atoms with Gasteiger partial charge in [0.25, 0.3) is 0 Å². The van der Waals surface area contributed by atoms with Crippen molar-refractivity contribution in [3.8, 4) is 0 Å². The van der Waals surface area contributed by atoms with E-state index >= 15 is 0 Å². The van der Waals surface area contributed by atoms with Crippen LogP contribution in [0.2, 0.25) is 0 Å². The number of anilines is 1. The van der Waals surface area contributed by atoms with Crippen molar-refractivity contribution in [1.82, 2.24) is 0 Å². The fraction of sp³-hybridized carbons (Fsp3) is 0.364. The Morgan fingerprint density at radius 2 is 0.818 bits per heavy atom. The molecule has 0 spiro atoms. The van der Waals surface area contributed by atoms with E-state index in [4.69, 9.17) is 0 Å². The van der Waals surface area contributed by atoms with E-state index in [1.54, 1.807) is 0 Å². The number of nitrogens with zero attached hydrogens (tertiary/aromatic N) is 1. The summed E-state index contributed by atoms with van der Waals surface area (Å²) in [7, 11) is 2.05. The fourth-order valence-corrected chi connectivity index (χ4v) is 1.13. The Balaban J connectivity index is -0.00000000361. The molecule has 0 heterocycles. The average Bonchev–Trinajstić information content (AvgIpc) is 2.05. The molecule has 0 aromatic heterocycles. The van der Waals surface area contributed by atoms with Crippen molar-refractivity contribution >= 4 is 5.69 Å². The van der Waals surface area contributed by atoms with E-state index in [-0.39, 0.29) is 687 Å². The van der Waals surface area contributed by atoms with Crippen LogP contribution in [0.1, 0.15) is 13.8 Å². The van der Waals surface area contributed by atoms with Gasteiger partial charge in [-0.3, -0.25) is 0 Å². The molecule has 0 saturated heterocycles. The summed E-state index contributed by atoms with van der Waals surface area (Å²) >= 11 is 0. The van der Waals surface area contributed by atoms with Crippen molar-refractivity contribution < 1.29 is 687 Å². The van der Waals surface area contributed by atoms with Crippen LogP contribution in [0.5, 0.6) is 0 Å². The quantitative estimate of drug-likeness (QED) is 0.422. The summed E-state index contributed by atoms with van der Waals surface area (Å²) in [6.07, 6.45) is 0. The topological polar surface area (TPSA) is 3.24 Å². The van der Waals surface area contributed by atoms with Crippen molar-refractivity contribution in [2.75, 3.05) is 11.9 Å². The van der Waals surface area contributed by atoms with Crippen LogP contribution in [-0.2, 0) is 687 Å². The summed E-state index contributed by atoms with van der Waals surface area (Å²) in [4.78, 5) is 2.10. The number of rotatable bonds is 3. The minimum absolute atomic E-state index is 0. The first-order valence-electron chi connectivity index (χ1n) is 4.24. The molecule has 0 fully saturated rings. The Kier molecular flexibility index (Phi) is 466. The third-order valence-electron chi connectivity index (χ3n) is 1.59. The molecule has 21 radical (unpaired) electrons. The van der Waals surface area contributed by atoms with Crippen molar-refractivity contribution in [2.45, 2.75) is 13.8 Å². The SMILES string of the molecule is CC(C)[CH-]N(C)c1[c-]cccc1.[Y].[Y].[Y].[Y].[Y].[Y].[Y].[Y].[Y].[Y].[Y].[Y].[Y].[Y].[Y].[Y].[Y].[Y].[Y].[Y].[Y]. The van der Waals surface area contributed by atoms with Gasteiger partial charge in [0.2, 0.25) is 0 Å². The summed E-state index contributed by atoms with van der Waals surface area (Å²) in [5.74, 6) is 0.573. The zero-order chi connectivity index (χ0) is 8.97. The van der Waals surface area contributed by atoms with Crippen LogP contribution in [0, 0.1) is 18.5 Å². The summed E-state index contributed by atoms with van der Waals surface area (Å²) in [5, 5.41) is 0. The summed E-state index contributed by atoms with van der Waals surface area (Å²) in [6.45, 7) is 6.50. The predicted octanol–water partition coefficient (Wildman–Crippen LogP) is 2.69. The third-order valence-corrected chi connectivity index (χ3v) is 1.59. The minimum atomic E-state index is 0. The third kappa shape index (κ3) is 101. The molecule has 1 rings (SSSR count). The second kappa shape index (κ2) is 111. The van der Waals surface area contributed by atoms with Gasteiger partial charge in [0.05, 0.1) is 0 Å². The van der Waals surface area contributed by atoms with Gasteiger partial charge in [-0.2, -0.15) is 36.2 Å². The zero-order valence-electron chi connectivity index (χ0n) is 20.0. The Labute approximate surface area is 734 Å². The Hall–Kier alpha value is 22.2. The van der Waals surface area contributed by atoms with E-state index in [0.717, 1.165) is 5.69 Å². The van der Waals surface area contributed by atoms with Crippen LogP contribution in [-0.4, -0.2) is 7.05 Å². The molecule has 1 aromatic rings. The Morgan fingerprint density at radius 1 is 0.545 bits per heavy atom. The van der Waals surface area contributed by atoms with E-state index in [9.17, 15) is 0 Å². The molecule has 0 bridgehead atoms. The molecule has 0 atom stereocenters. The van der Waals surface area contributed by atoms with Crippen molar-refractivity contribution in [3.63, 3.8) is 0 Å². The molecule has 129 valence electrons. The van der Waals surface area contributed by atoms with Crippen molar-refractivity contribution in [2.24, 2.45) is 5.92 Å². The molecular weight excluding hydrogens is 2010 g/mol. The number of hydrogen-bond acceptors (Lipinski definition) is 1. The van der Waals surface area contributed by atoms with Gasteiger partial charge < -0.3 is 4.90 Å². The van der Waals surface area contributed by atoms with Gasteiger partial charge in [0.15, 0.2) is 0 Å². The first-order valence-corrected chi connectivity index (χ1v) is 4.24. The van der Waals surface area contributed by atoms with Crippen LogP contribution < -0.4 is 4.90 Å². The standard InChI is InChI=1S/C11H15N.21Y/c1-10(2)9-12(3)11-7-5-4-6-8-11;;;;;;;;;;;;;;;;;;;;;/h4-7,9-10H,1-3H3;;;;;;;;;;;;;;;;;;;;;/q-2;;;;;;;;;;;;;;;;;;;;;. The monoisotopic (exact) mass is 2030 g/mol. The molecule has 0 aliphatic carbocycles. The van der Waals surface area contributed by atoms with Gasteiger partial charge in [-0.15, -0.1) is 5.69 Å². The fourth-order valence-electron chi connectivity index (χ4n) is 1.13. The molecule has 0 aliphatic heterocycles. The molecule has 22 heteroatoms. The zero-order valence-corrected chi connectivity index (χ0v) is 79.6. The second-order valence-electron chi connectivity index (χ2n) is 3.25. The Bertz CT molecular complexity index is 247. The molecule has 0 amide bonds. The molecule has 33 heavy (non-hydrogen) atoms. The molecule has 1 nitrogen and oxygen atoms in total. The van der Waals surface area contributed by atoms with Gasteiger partial charge in [0.1, 0.15) is 0 Å². The van der Waals surface area contributed by atoms with Gasteiger partial charge in [-0.05, 0) is 7.05 Å². The van der Waals surface area contributed by atoms with Crippen molar-refractivity contribution in [1.29, 1.82) is 0 Å². The van der Waals surface area contributed by atoms with Gasteiger partial charge in [-0.25, -0.2) is 6.54 Å². The largest absolute Gasteiger partial charge is 0.545 e. The maximum atomic E-state index is 3.17. The maximum Gasteiger partial charge on any atom is 0 e. The number of hydrogen-bond donors (Lipinski definition) is 0. The van der Waals surface area contributed by atoms with Crippen molar-refractivity contribution in [3.05, 3.63) is 36.9 Å². The van der Waals surface area contributed by atoms with Gasteiger partial charge >= 0.3 is 0 Å². The van der Waals surface area contributed by atoms with E-state index in [1.165, 1.54) is 0 Å². The number of para-hydroxylation sites is 1. The predicted molar refractivity (Wildman–Crippen MR) is 52.8 cm³/mol. The van der Waals surface area contributed by atoms with E-state index in [1.807, 2.05) is 25.2 Å². The van der Waals surface area contributed by atoms with Crippen LogP contribution >= 0.6 is 0 Å².